The third-order valence-electron chi connectivity index (χ3n) is 10.1. The summed E-state index contributed by atoms with van der Waals surface area (Å²) in [5.74, 6) is 0. The zero-order valence-corrected chi connectivity index (χ0v) is 23.7. The lowest BCUT2D eigenvalue weighted by Gasteiger charge is -2.48. The molecule has 1 aliphatic rings. The number of nitrogens with one attached hydrogen (secondary N) is 2. The second-order valence-corrected chi connectivity index (χ2v) is 12.1. The summed E-state index contributed by atoms with van der Waals surface area (Å²) >= 11 is 0. The van der Waals surface area contributed by atoms with Crippen LogP contribution in [0.4, 0.5) is 0 Å². The number of rotatable bonds is 2. The molecule has 2 aromatic heterocycles. The Morgan fingerprint density at radius 1 is 0.381 bits per heavy atom. The minimum Gasteiger partial charge on any atom is -0.355 e. The molecule has 0 saturated heterocycles. The average molecular weight is 539 g/mol. The summed E-state index contributed by atoms with van der Waals surface area (Å²) in [7, 11) is 0. The Balaban J connectivity index is 1.57. The van der Waals surface area contributed by atoms with E-state index in [1.165, 1.54) is 77.0 Å². The lowest BCUT2D eigenvalue weighted by Crippen LogP contribution is -2.41. The van der Waals surface area contributed by atoms with Gasteiger partial charge in [0.25, 0.3) is 0 Å². The summed E-state index contributed by atoms with van der Waals surface area (Å²) in [5.41, 5.74) is 12.1. The zero-order chi connectivity index (χ0) is 28.1. The highest BCUT2D eigenvalue weighted by molar-refractivity contribution is 6.13. The molecule has 2 N–H and O–H groups in total. The average Bonchev–Trinajstić information content (AvgIpc) is 3.62. The highest BCUT2D eigenvalue weighted by Crippen LogP contribution is 2.59. The van der Waals surface area contributed by atoms with Crippen LogP contribution in [0.5, 0.6) is 0 Å². The van der Waals surface area contributed by atoms with Crippen LogP contribution in [0.3, 0.4) is 0 Å². The van der Waals surface area contributed by atoms with E-state index in [1.54, 1.807) is 0 Å². The van der Waals surface area contributed by atoms with Gasteiger partial charge in [-0.2, -0.15) is 0 Å². The van der Waals surface area contributed by atoms with Gasteiger partial charge < -0.3 is 9.97 Å². The van der Waals surface area contributed by atoms with Gasteiger partial charge in [0.2, 0.25) is 0 Å². The molecule has 2 heteroatoms. The van der Waals surface area contributed by atoms with Crippen molar-refractivity contribution in [2.45, 2.75) is 24.7 Å². The van der Waals surface area contributed by atoms with E-state index in [9.17, 15) is 0 Å². The van der Waals surface area contributed by atoms with Gasteiger partial charge in [-0.3, -0.25) is 0 Å². The molecule has 0 fully saturated rings. The predicted octanol–water partition coefficient (Wildman–Crippen LogP) is 9.98. The van der Waals surface area contributed by atoms with Crippen LogP contribution in [0.1, 0.15) is 47.2 Å². The first-order valence-corrected chi connectivity index (χ1v) is 14.8. The molecular weight excluding hydrogens is 508 g/mol. The first kappa shape index (κ1) is 23.6. The number of fused-ring (bicyclic) bond motifs is 10. The maximum Gasteiger partial charge on any atom is 0.0468 e. The van der Waals surface area contributed by atoms with Crippen molar-refractivity contribution in [2.24, 2.45) is 0 Å². The molecule has 0 radical (unpaired) electrons. The normalized spacial score (nSPS) is 19.9. The molecule has 42 heavy (non-hydrogen) atoms. The number of benzene rings is 6. The summed E-state index contributed by atoms with van der Waals surface area (Å²) < 4.78 is 0. The molecular formula is C40H30N2. The SMILES string of the molecule is CC1(c2ccccc2)c2ccc3[nH]c4ccccc4c3c2C(C)(c2ccccc2)c2ccc3[nH]c4ccccc4c3c21. The second kappa shape index (κ2) is 8.24. The summed E-state index contributed by atoms with van der Waals surface area (Å²) in [5, 5.41) is 5.19. The molecule has 0 saturated carbocycles. The standard InChI is InChI=1S/C40H30N2/c1-39(25-13-5-3-6-14-25)29-21-23-34-36(28-18-10-12-20-32(28)42-34)38(29)40(2,26-15-7-4-8-16-26)30-22-24-33-35(37(30)39)27-17-9-11-19-31(27)41-33/h3-24,41-42H,1-2H3. The molecule has 0 bridgehead atoms. The highest BCUT2D eigenvalue weighted by Gasteiger charge is 2.50. The predicted molar refractivity (Wildman–Crippen MR) is 176 cm³/mol. The van der Waals surface area contributed by atoms with E-state index in [1.807, 2.05) is 0 Å². The second-order valence-electron chi connectivity index (χ2n) is 12.1. The topological polar surface area (TPSA) is 31.6 Å². The summed E-state index contributed by atoms with van der Waals surface area (Å²) in [4.78, 5) is 7.51. The van der Waals surface area contributed by atoms with Crippen LogP contribution in [0.2, 0.25) is 0 Å². The number of aromatic nitrogens is 2. The van der Waals surface area contributed by atoms with Crippen LogP contribution in [-0.2, 0) is 10.8 Å². The Labute approximate surface area is 244 Å². The molecule has 0 amide bonds. The molecule has 0 aliphatic heterocycles. The van der Waals surface area contributed by atoms with Crippen molar-refractivity contribution in [3.8, 4) is 0 Å². The quantitative estimate of drug-likeness (QED) is 0.219. The van der Waals surface area contributed by atoms with E-state index in [4.69, 9.17) is 0 Å². The van der Waals surface area contributed by atoms with Crippen LogP contribution in [0, 0.1) is 0 Å². The van der Waals surface area contributed by atoms with Gasteiger partial charge >= 0.3 is 0 Å². The van der Waals surface area contributed by atoms with Gasteiger partial charge in [0.1, 0.15) is 0 Å². The molecule has 200 valence electrons. The Bertz CT molecular complexity index is 2160. The van der Waals surface area contributed by atoms with Crippen LogP contribution in [-0.4, -0.2) is 9.97 Å². The minimum atomic E-state index is -0.392. The Morgan fingerprint density at radius 3 is 1.19 bits per heavy atom. The van der Waals surface area contributed by atoms with Crippen molar-refractivity contribution in [1.29, 1.82) is 0 Å². The largest absolute Gasteiger partial charge is 0.355 e. The van der Waals surface area contributed by atoms with E-state index in [0.29, 0.717) is 0 Å². The maximum absolute atomic E-state index is 3.75. The van der Waals surface area contributed by atoms with Gasteiger partial charge in [-0.05, 0) is 71.5 Å². The third kappa shape index (κ3) is 2.84. The summed E-state index contributed by atoms with van der Waals surface area (Å²) in [6, 6.07) is 49.2. The van der Waals surface area contributed by atoms with Crippen LogP contribution >= 0.6 is 0 Å². The van der Waals surface area contributed by atoms with Crippen LogP contribution in [0.15, 0.2) is 133 Å². The molecule has 2 atom stereocenters. The molecule has 1 aliphatic carbocycles. The Morgan fingerprint density at radius 2 is 0.762 bits per heavy atom. The van der Waals surface area contributed by atoms with E-state index < -0.39 is 10.8 Å². The third-order valence-corrected chi connectivity index (χ3v) is 10.1. The van der Waals surface area contributed by atoms with Gasteiger partial charge in [0.05, 0.1) is 0 Å². The zero-order valence-electron chi connectivity index (χ0n) is 23.7. The molecule has 2 unspecified atom stereocenters. The lowest BCUT2D eigenvalue weighted by atomic mass is 9.54. The van der Waals surface area contributed by atoms with Gasteiger partial charge in [-0.15, -0.1) is 0 Å². The number of aromatic amines is 2. The highest BCUT2D eigenvalue weighted by atomic mass is 14.7. The van der Waals surface area contributed by atoms with Crippen LogP contribution in [0.25, 0.3) is 43.6 Å². The smallest absolute Gasteiger partial charge is 0.0468 e. The van der Waals surface area contributed by atoms with Gasteiger partial charge in [0, 0.05) is 54.4 Å². The first-order chi connectivity index (χ1) is 20.6. The summed E-state index contributed by atoms with van der Waals surface area (Å²) in [6.45, 7) is 4.90. The van der Waals surface area contributed by atoms with Crippen molar-refractivity contribution < 1.29 is 0 Å². The van der Waals surface area contributed by atoms with E-state index in [-0.39, 0.29) is 0 Å². The monoisotopic (exact) mass is 538 g/mol. The van der Waals surface area contributed by atoms with E-state index in [0.717, 1.165) is 0 Å². The molecule has 6 aromatic carbocycles. The van der Waals surface area contributed by atoms with Gasteiger partial charge in [-0.1, -0.05) is 109 Å². The lowest BCUT2D eigenvalue weighted by molar-refractivity contribution is 0.577. The Kier molecular flexibility index (Phi) is 4.63. The van der Waals surface area contributed by atoms with Crippen molar-refractivity contribution in [2.75, 3.05) is 0 Å². The van der Waals surface area contributed by atoms with Crippen LogP contribution < -0.4 is 0 Å². The summed E-state index contributed by atoms with van der Waals surface area (Å²) in [6.07, 6.45) is 0. The minimum absolute atomic E-state index is 0.392. The number of H-pyrrole nitrogens is 2. The fourth-order valence-corrected chi connectivity index (χ4v) is 8.17. The van der Waals surface area contributed by atoms with Crippen molar-refractivity contribution in [1.82, 2.24) is 9.97 Å². The van der Waals surface area contributed by atoms with E-state index in [2.05, 4.69) is 157 Å². The number of hydrogen-bond donors (Lipinski definition) is 2. The van der Waals surface area contributed by atoms with Crippen molar-refractivity contribution >= 4 is 43.6 Å². The van der Waals surface area contributed by atoms with E-state index >= 15 is 0 Å². The van der Waals surface area contributed by atoms with Gasteiger partial charge in [0.15, 0.2) is 0 Å². The molecule has 0 spiro atoms. The Hall–Kier alpha value is -5.08. The maximum atomic E-state index is 3.75. The molecule has 8 aromatic rings. The number of para-hydroxylation sites is 2. The van der Waals surface area contributed by atoms with Gasteiger partial charge in [-0.25, -0.2) is 0 Å². The molecule has 2 nitrogen and oxygen atoms in total. The molecule has 2 heterocycles. The molecule has 9 rings (SSSR count). The fraction of sp³-hybridized carbons (Fsp3) is 0.100. The fourth-order valence-electron chi connectivity index (χ4n) is 8.17. The van der Waals surface area contributed by atoms with Crippen molar-refractivity contribution in [3.05, 3.63) is 167 Å². The first-order valence-electron chi connectivity index (χ1n) is 14.8. The van der Waals surface area contributed by atoms with Crippen molar-refractivity contribution in [3.63, 3.8) is 0 Å². The number of hydrogen-bond acceptors (Lipinski definition) is 0.